The van der Waals surface area contributed by atoms with Crippen molar-refractivity contribution in [3.05, 3.63) is 77.4 Å². The number of hydrogen-bond acceptors (Lipinski definition) is 6. The molecule has 2 aliphatic heterocycles. The quantitative estimate of drug-likeness (QED) is 0.294. The van der Waals surface area contributed by atoms with Gasteiger partial charge in [0, 0.05) is 37.5 Å². The van der Waals surface area contributed by atoms with Crippen LogP contribution in [0.5, 0.6) is 5.75 Å². The van der Waals surface area contributed by atoms with Crippen molar-refractivity contribution in [3.8, 4) is 5.75 Å². The molecule has 0 saturated carbocycles. The first-order valence-corrected chi connectivity index (χ1v) is 10.8. The monoisotopic (exact) mass is 462 g/mol. The average Bonchev–Trinajstić information content (AvgIpc) is 3.20. The van der Waals surface area contributed by atoms with Crippen molar-refractivity contribution in [3.63, 3.8) is 0 Å². The molecule has 8 nitrogen and oxygen atoms in total. The molecule has 2 aliphatic rings. The molecule has 1 spiro atoms. The average molecular weight is 463 g/mol. The van der Waals surface area contributed by atoms with Crippen LogP contribution in [0, 0.1) is 6.92 Å². The fraction of sp³-hybridized carbons (Fsp3) is 0.269. The van der Waals surface area contributed by atoms with E-state index in [0.717, 1.165) is 0 Å². The summed E-state index contributed by atoms with van der Waals surface area (Å²) in [5.74, 6) is -2.10. The van der Waals surface area contributed by atoms with Gasteiger partial charge in [-0.25, -0.2) is 0 Å². The zero-order chi connectivity index (χ0) is 24.6. The molecular weight excluding hydrogens is 436 g/mol. The number of likely N-dealkylation sites (tertiary alicyclic amines) is 1. The highest BCUT2D eigenvalue weighted by Gasteiger charge is 2.66. The molecule has 4 rings (SSSR count). The van der Waals surface area contributed by atoms with Gasteiger partial charge in [-0.05, 0) is 36.8 Å². The zero-order valence-corrected chi connectivity index (χ0v) is 19.3. The minimum atomic E-state index is -1.78. The number of rotatable bonds is 7. The third-order valence-electron chi connectivity index (χ3n) is 6.26. The van der Waals surface area contributed by atoms with Crippen LogP contribution in [0.3, 0.4) is 0 Å². The molecule has 1 fully saturated rings. The number of ether oxygens (including phenoxy) is 2. The zero-order valence-electron chi connectivity index (χ0n) is 19.3. The first-order valence-electron chi connectivity index (χ1n) is 10.8. The van der Waals surface area contributed by atoms with E-state index in [0.29, 0.717) is 34.7 Å². The smallest absolute Gasteiger partial charge is 0.296 e. The Kier molecular flexibility index (Phi) is 6.01. The van der Waals surface area contributed by atoms with E-state index in [1.54, 1.807) is 62.5 Å². The highest BCUT2D eigenvalue weighted by Crippen LogP contribution is 2.53. The van der Waals surface area contributed by atoms with Crippen LogP contribution < -0.4 is 9.64 Å². The van der Waals surface area contributed by atoms with Gasteiger partial charge >= 0.3 is 0 Å². The summed E-state index contributed by atoms with van der Waals surface area (Å²) in [6.07, 6.45) is 1.62. The predicted octanol–water partition coefficient (Wildman–Crippen LogP) is 2.76. The van der Waals surface area contributed by atoms with Crippen molar-refractivity contribution in [2.45, 2.75) is 12.5 Å². The van der Waals surface area contributed by atoms with Gasteiger partial charge in [0.15, 0.2) is 5.54 Å². The van der Waals surface area contributed by atoms with Crippen LogP contribution in [-0.4, -0.2) is 61.5 Å². The van der Waals surface area contributed by atoms with Crippen molar-refractivity contribution < 1.29 is 29.0 Å². The maximum absolute atomic E-state index is 13.8. The molecule has 0 unspecified atom stereocenters. The minimum Gasteiger partial charge on any atom is -0.507 e. The molecule has 2 amide bonds. The molecule has 0 radical (unpaired) electrons. The Morgan fingerprint density at radius 2 is 1.91 bits per heavy atom. The summed E-state index contributed by atoms with van der Waals surface area (Å²) in [5.41, 5.74) is -0.00603. The van der Waals surface area contributed by atoms with Gasteiger partial charge < -0.3 is 24.4 Å². The maximum atomic E-state index is 13.8. The summed E-state index contributed by atoms with van der Waals surface area (Å²) < 4.78 is 10.7. The molecule has 1 atom stereocenters. The van der Waals surface area contributed by atoms with Gasteiger partial charge in [0.05, 0.1) is 12.2 Å². The fourth-order valence-corrected chi connectivity index (χ4v) is 4.71. The van der Waals surface area contributed by atoms with Gasteiger partial charge in [-0.1, -0.05) is 30.9 Å². The Morgan fingerprint density at radius 1 is 1.18 bits per heavy atom. The Balaban J connectivity index is 1.97. The standard InChI is InChI=1S/C26H26N2O6/c1-5-13-34-20-11-10-17(15-16(20)2)22(29)21-23(30)24(31)28(12-14-33-4)26(21)18-8-6-7-9-19(18)27(3)25(26)32/h5-11,15,29H,1,12-14H2,2-4H3/t26-/m1/s1. The number of fused-ring (bicyclic) bond motifs is 2. The van der Waals surface area contributed by atoms with E-state index in [4.69, 9.17) is 9.47 Å². The first kappa shape index (κ1) is 23.3. The first-order chi connectivity index (χ1) is 16.3. The largest absolute Gasteiger partial charge is 0.507 e. The molecule has 2 heterocycles. The van der Waals surface area contributed by atoms with Crippen LogP contribution in [0.2, 0.25) is 0 Å². The summed E-state index contributed by atoms with van der Waals surface area (Å²) >= 11 is 0. The lowest BCUT2D eigenvalue weighted by Crippen LogP contribution is -2.52. The number of carbonyl (C=O) groups is 3. The second-order valence-corrected chi connectivity index (χ2v) is 8.17. The van der Waals surface area contributed by atoms with Crippen molar-refractivity contribution in [2.24, 2.45) is 0 Å². The normalized spacial score (nSPS) is 20.9. The van der Waals surface area contributed by atoms with E-state index in [-0.39, 0.29) is 18.7 Å². The number of ketones is 1. The number of amides is 2. The molecule has 1 N–H and O–H groups in total. The van der Waals surface area contributed by atoms with E-state index in [2.05, 4.69) is 6.58 Å². The summed E-state index contributed by atoms with van der Waals surface area (Å²) in [6.45, 7) is 5.85. The van der Waals surface area contributed by atoms with Crippen LogP contribution >= 0.6 is 0 Å². The highest BCUT2D eigenvalue weighted by atomic mass is 16.5. The van der Waals surface area contributed by atoms with Crippen molar-refractivity contribution in [1.29, 1.82) is 0 Å². The number of aliphatic hydroxyl groups is 1. The van der Waals surface area contributed by atoms with Gasteiger partial charge in [0.1, 0.15) is 18.1 Å². The SMILES string of the molecule is C=CCOc1ccc(C(O)=C2C(=O)C(=O)N(CCOC)[C@@]23C(=O)N(C)c2ccccc23)cc1C. The number of nitrogens with zero attached hydrogens (tertiary/aromatic N) is 2. The minimum absolute atomic E-state index is 0.000867. The number of hydrogen-bond donors (Lipinski definition) is 1. The molecule has 176 valence electrons. The highest BCUT2D eigenvalue weighted by molar-refractivity contribution is 6.50. The molecule has 8 heteroatoms. The van der Waals surface area contributed by atoms with Crippen molar-refractivity contribution in [2.75, 3.05) is 38.8 Å². The number of likely N-dealkylation sites (N-methyl/N-ethyl adjacent to an activating group) is 1. The number of aliphatic hydroxyl groups excluding tert-OH is 1. The number of benzene rings is 2. The Bertz CT molecular complexity index is 1230. The van der Waals surface area contributed by atoms with Crippen LogP contribution in [-0.2, 0) is 24.7 Å². The van der Waals surface area contributed by atoms with E-state index in [1.807, 2.05) is 0 Å². The van der Waals surface area contributed by atoms with Crippen LogP contribution in [0.25, 0.3) is 5.76 Å². The number of para-hydroxylation sites is 1. The number of methoxy groups -OCH3 is 1. The summed E-state index contributed by atoms with van der Waals surface area (Å²) in [4.78, 5) is 43.0. The molecule has 1 saturated heterocycles. The molecular formula is C26H26N2O6. The molecule has 0 aromatic heterocycles. The predicted molar refractivity (Wildman–Crippen MR) is 127 cm³/mol. The van der Waals surface area contributed by atoms with Gasteiger partial charge in [0.25, 0.3) is 17.6 Å². The topological polar surface area (TPSA) is 96.4 Å². The van der Waals surface area contributed by atoms with E-state index in [9.17, 15) is 19.5 Å². The number of anilines is 1. The maximum Gasteiger partial charge on any atom is 0.296 e. The van der Waals surface area contributed by atoms with Gasteiger partial charge in [-0.15, -0.1) is 0 Å². The Hall–Kier alpha value is -3.91. The van der Waals surface area contributed by atoms with Crippen LogP contribution in [0.1, 0.15) is 16.7 Å². The molecule has 34 heavy (non-hydrogen) atoms. The van der Waals surface area contributed by atoms with Crippen molar-refractivity contribution in [1.82, 2.24) is 4.90 Å². The third-order valence-corrected chi connectivity index (χ3v) is 6.26. The fourth-order valence-electron chi connectivity index (χ4n) is 4.71. The summed E-state index contributed by atoms with van der Waals surface area (Å²) in [5, 5.41) is 11.4. The number of aryl methyl sites for hydroxylation is 1. The van der Waals surface area contributed by atoms with E-state index < -0.39 is 28.9 Å². The van der Waals surface area contributed by atoms with E-state index in [1.165, 1.54) is 16.9 Å². The van der Waals surface area contributed by atoms with Crippen molar-refractivity contribution >= 4 is 29.0 Å². The van der Waals surface area contributed by atoms with Crippen LogP contribution in [0.15, 0.2) is 60.7 Å². The third kappa shape index (κ3) is 3.21. The van der Waals surface area contributed by atoms with E-state index >= 15 is 0 Å². The second-order valence-electron chi connectivity index (χ2n) is 8.17. The van der Waals surface area contributed by atoms with Crippen LogP contribution in [0.4, 0.5) is 5.69 Å². The Labute approximate surface area is 197 Å². The van der Waals surface area contributed by atoms with Gasteiger partial charge in [-0.2, -0.15) is 0 Å². The molecule has 2 aromatic carbocycles. The number of Topliss-reactive ketones (excluding diaryl/α,β-unsaturated/α-hetero) is 1. The lowest BCUT2D eigenvalue weighted by molar-refractivity contribution is -0.144. The molecule has 2 aromatic rings. The summed E-state index contributed by atoms with van der Waals surface area (Å²) in [6, 6.07) is 11.9. The second kappa shape index (κ2) is 8.79. The summed E-state index contributed by atoms with van der Waals surface area (Å²) in [7, 11) is 3.06. The lowest BCUT2D eigenvalue weighted by Gasteiger charge is -2.34. The van der Waals surface area contributed by atoms with Gasteiger partial charge in [-0.3, -0.25) is 14.4 Å². The number of carbonyl (C=O) groups excluding carboxylic acids is 3. The van der Waals surface area contributed by atoms with Gasteiger partial charge in [0.2, 0.25) is 0 Å². The molecule has 0 aliphatic carbocycles. The Morgan fingerprint density at radius 3 is 2.59 bits per heavy atom. The lowest BCUT2D eigenvalue weighted by atomic mass is 9.82. The molecule has 0 bridgehead atoms.